The van der Waals surface area contributed by atoms with Crippen LogP contribution in [0.3, 0.4) is 0 Å². The van der Waals surface area contributed by atoms with Gasteiger partial charge >= 0.3 is 0 Å². The Hall–Kier alpha value is 0.500. The molecule has 4 heteroatoms. The Labute approximate surface area is 182 Å². The van der Waals surface area contributed by atoms with Gasteiger partial charge in [0.2, 0.25) is 0 Å². The standard InChI is InChI=1S/C23H49ClNO.ClH/c1-5-6-7-8-9-10-11-12-13-14-15-16-17-18-19-20-23(24)25(3,4)21-22(2)26;/h22-23,26H,5-21H2,1-4H3;1H/q+1;/p-1. The molecule has 0 radical (unpaired) electrons. The maximum absolute atomic E-state index is 9.57. The van der Waals surface area contributed by atoms with Crippen LogP contribution in [0.1, 0.15) is 117 Å². The van der Waals surface area contributed by atoms with Crippen molar-refractivity contribution in [2.24, 2.45) is 0 Å². The Morgan fingerprint density at radius 1 is 0.704 bits per heavy atom. The molecule has 0 aromatic heterocycles. The van der Waals surface area contributed by atoms with Crippen LogP contribution in [0.5, 0.6) is 0 Å². The summed E-state index contributed by atoms with van der Waals surface area (Å²) >= 11 is 6.54. The number of halogens is 2. The average molecular weight is 427 g/mol. The second-order valence-electron chi connectivity index (χ2n) is 8.98. The molecule has 0 fully saturated rings. The molecule has 2 unspecified atom stereocenters. The predicted molar refractivity (Wildman–Crippen MR) is 118 cm³/mol. The molecule has 0 aliphatic carbocycles. The van der Waals surface area contributed by atoms with Gasteiger partial charge in [-0.15, -0.1) is 0 Å². The predicted octanol–water partition coefficient (Wildman–Crippen LogP) is 4.27. The maximum Gasteiger partial charge on any atom is 0.164 e. The van der Waals surface area contributed by atoms with E-state index in [-0.39, 0.29) is 24.0 Å². The summed E-state index contributed by atoms with van der Waals surface area (Å²) in [5, 5.41) is 9.57. The second-order valence-corrected chi connectivity index (χ2v) is 9.49. The molecule has 0 amide bonds. The van der Waals surface area contributed by atoms with Crippen molar-refractivity contribution in [3.8, 4) is 0 Å². The van der Waals surface area contributed by atoms with Crippen LogP contribution in [0, 0.1) is 0 Å². The topological polar surface area (TPSA) is 20.2 Å². The Balaban J connectivity index is 0. The molecule has 0 aliphatic heterocycles. The first-order valence-corrected chi connectivity index (χ1v) is 12.0. The number of hydrogen-bond acceptors (Lipinski definition) is 1. The minimum atomic E-state index is -0.285. The fraction of sp³-hybridized carbons (Fsp3) is 1.00. The van der Waals surface area contributed by atoms with Gasteiger partial charge in [-0.3, -0.25) is 0 Å². The monoisotopic (exact) mass is 425 g/mol. The highest BCUT2D eigenvalue weighted by Gasteiger charge is 2.26. The van der Waals surface area contributed by atoms with E-state index < -0.39 is 0 Å². The molecule has 0 bridgehead atoms. The molecular weight excluding hydrogens is 377 g/mol. The molecule has 2 atom stereocenters. The first-order chi connectivity index (χ1) is 12.4. The lowest BCUT2D eigenvalue weighted by Crippen LogP contribution is -3.00. The van der Waals surface area contributed by atoms with Crippen molar-refractivity contribution < 1.29 is 22.0 Å². The summed E-state index contributed by atoms with van der Waals surface area (Å²) in [6.45, 7) is 4.86. The zero-order valence-electron chi connectivity index (χ0n) is 18.8. The molecule has 0 spiro atoms. The molecule has 0 aliphatic rings. The van der Waals surface area contributed by atoms with Crippen molar-refractivity contribution in [1.82, 2.24) is 0 Å². The SMILES string of the molecule is CCCCCCCCCCCCCCCCCC(Cl)[N+](C)(C)CC(C)O.[Cl-]. The normalized spacial score (nSPS) is 14.0. The molecular formula is C23H49Cl2NO. The van der Waals surface area contributed by atoms with Gasteiger partial charge in [0.05, 0.1) is 14.1 Å². The van der Waals surface area contributed by atoms with E-state index in [9.17, 15) is 5.11 Å². The zero-order chi connectivity index (χ0) is 19.7. The fourth-order valence-corrected chi connectivity index (χ4v) is 4.06. The van der Waals surface area contributed by atoms with Crippen molar-refractivity contribution in [3.63, 3.8) is 0 Å². The molecule has 0 aromatic carbocycles. The first-order valence-electron chi connectivity index (χ1n) is 11.5. The van der Waals surface area contributed by atoms with Crippen molar-refractivity contribution in [3.05, 3.63) is 0 Å². The van der Waals surface area contributed by atoms with Crippen LogP contribution in [-0.4, -0.2) is 41.8 Å². The third-order valence-corrected chi connectivity index (χ3v) is 6.29. The third-order valence-electron chi connectivity index (χ3n) is 5.54. The third kappa shape index (κ3) is 19.6. The summed E-state index contributed by atoms with van der Waals surface area (Å²) < 4.78 is 0.706. The summed E-state index contributed by atoms with van der Waals surface area (Å²) in [4.78, 5) is 0. The summed E-state index contributed by atoms with van der Waals surface area (Å²) in [5.41, 5.74) is 0.117. The summed E-state index contributed by atoms with van der Waals surface area (Å²) in [6.07, 6.45) is 21.8. The number of likely N-dealkylation sites (N-methyl/N-ethyl adjacent to an activating group) is 1. The molecule has 0 rings (SSSR count). The minimum Gasteiger partial charge on any atom is -1.00 e. The van der Waals surface area contributed by atoms with Gasteiger partial charge in [0.25, 0.3) is 0 Å². The number of quaternary nitrogens is 1. The lowest BCUT2D eigenvalue weighted by Gasteiger charge is -2.35. The lowest BCUT2D eigenvalue weighted by atomic mass is 10.0. The Kier molecular flexibility index (Phi) is 21.8. The summed E-state index contributed by atoms with van der Waals surface area (Å²) in [7, 11) is 4.24. The van der Waals surface area contributed by atoms with Gasteiger partial charge in [-0.1, -0.05) is 108 Å². The molecule has 0 saturated carbocycles. The minimum absolute atomic E-state index is 0. The van der Waals surface area contributed by atoms with E-state index in [0.717, 1.165) is 13.0 Å². The fourth-order valence-electron chi connectivity index (χ4n) is 3.83. The van der Waals surface area contributed by atoms with Gasteiger partial charge in [0.15, 0.2) is 5.50 Å². The van der Waals surface area contributed by atoms with Crippen LogP contribution in [0.25, 0.3) is 0 Å². The molecule has 1 N–H and O–H groups in total. The molecule has 0 saturated heterocycles. The highest BCUT2D eigenvalue weighted by Crippen LogP contribution is 2.20. The number of alkyl halides is 1. The number of hydrogen-bond donors (Lipinski definition) is 1. The summed E-state index contributed by atoms with van der Waals surface area (Å²) in [6, 6.07) is 0. The van der Waals surface area contributed by atoms with Crippen LogP contribution >= 0.6 is 11.6 Å². The number of aliphatic hydroxyl groups is 1. The number of aliphatic hydroxyl groups excluding tert-OH is 1. The van der Waals surface area contributed by atoms with E-state index in [0.29, 0.717) is 4.48 Å². The molecule has 2 nitrogen and oxygen atoms in total. The van der Waals surface area contributed by atoms with E-state index in [1.54, 1.807) is 0 Å². The Bertz CT molecular complexity index is 298. The van der Waals surface area contributed by atoms with E-state index in [1.807, 2.05) is 6.92 Å². The van der Waals surface area contributed by atoms with Crippen LogP contribution in [0.2, 0.25) is 0 Å². The van der Waals surface area contributed by atoms with E-state index in [2.05, 4.69) is 21.0 Å². The summed E-state index contributed by atoms with van der Waals surface area (Å²) in [5.74, 6) is 0. The molecule has 166 valence electrons. The molecule has 0 aromatic rings. The number of rotatable bonds is 19. The highest BCUT2D eigenvalue weighted by molar-refractivity contribution is 6.19. The zero-order valence-corrected chi connectivity index (χ0v) is 20.3. The quantitative estimate of drug-likeness (QED) is 0.142. The van der Waals surface area contributed by atoms with E-state index in [4.69, 9.17) is 11.6 Å². The van der Waals surface area contributed by atoms with Crippen molar-refractivity contribution >= 4 is 11.6 Å². The Morgan fingerprint density at radius 3 is 1.37 bits per heavy atom. The van der Waals surface area contributed by atoms with Crippen LogP contribution in [0.4, 0.5) is 0 Å². The second kappa shape index (κ2) is 19.8. The highest BCUT2D eigenvalue weighted by atomic mass is 35.5. The van der Waals surface area contributed by atoms with Crippen LogP contribution in [-0.2, 0) is 0 Å². The Morgan fingerprint density at radius 2 is 1.04 bits per heavy atom. The van der Waals surface area contributed by atoms with Crippen molar-refractivity contribution in [2.45, 2.75) is 128 Å². The van der Waals surface area contributed by atoms with Gasteiger partial charge in [-0.05, 0) is 13.3 Å². The van der Waals surface area contributed by atoms with E-state index >= 15 is 0 Å². The van der Waals surface area contributed by atoms with Crippen LogP contribution < -0.4 is 12.4 Å². The molecule has 27 heavy (non-hydrogen) atoms. The van der Waals surface area contributed by atoms with E-state index in [1.165, 1.54) is 96.3 Å². The first kappa shape index (κ1) is 29.7. The lowest BCUT2D eigenvalue weighted by molar-refractivity contribution is -0.905. The van der Waals surface area contributed by atoms with Gasteiger partial charge < -0.3 is 22.0 Å². The molecule has 0 heterocycles. The average Bonchev–Trinajstić information content (AvgIpc) is 2.57. The van der Waals surface area contributed by atoms with Crippen molar-refractivity contribution in [2.75, 3.05) is 20.6 Å². The maximum atomic E-state index is 9.57. The smallest absolute Gasteiger partial charge is 0.164 e. The number of unbranched alkanes of at least 4 members (excludes halogenated alkanes) is 14. The van der Waals surface area contributed by atoms with Gasteiger partial charge in [-0.25, -0.2) is 0 Å². The van der Waals surface area contributed by atoms with Gasteiger partial charge in [-0.2, -0.15) is 0 Å². The van der Waals surface area contributed by atoms with Gasteiger partial charge in [0, 0.05) is 6.42 Å². The van der Waals surface area contributed by atoms with Crippen molar-refractivity contribution in [1.29, 1.82) is 0 Å². The van der Waals surface area contributed by atoms with Gasteiger partial charge in [0.1, 0.15) is 12.6 Å². The number of nitrogens with zero attached hydrogens (tertiary/aromatic N) is 1. The largest absolute Gasteiger partial charge is 1.00 e. The van der Waals surface area contributed by atoms with Crippen LogP contribution in [0.15, 0.2) is 0 Å².